The predicted octanol–water partition coefficient (Wildman–Crippen LogP) is 2.41. The van der Waals surface area contributed by atoms with E-state index in [9.17, 15) is 4.79 Å². The number of aromatic carboxylic acids is 1. The largest absolute Gasteiger partial charge is 0.478 e. The smallest absolute Gasteiger partial charge is 0.335 e. The van der Waals surface area contributed by atoms with Crippen LogP contribution >= 0.6 is 0 Å². The summed E-state index contributed by atoms with van der Waals surface area (Å²) in [7, 11) is 0. The number of nitrogen functional groups attached to an aromatic ring is 1. The highest BCUT2D eigenvalue weighted by molar-refractivity contribution is 5.88. The Labute approximate surface area is 104 Å². The molecule has 0 radical (unpaired) electrons. The molecule has 2 rings (SSSR count). The molecule has 0 unspecified atom stereocenters. The van der Waals surface area contributed by atoms with Crippen LogP contribution in [-0.4, -0.2) is 16.1 Å². The minimum atomic E-state index is -0.950. The maximum atomic E-state index is 10.7. The Morgan fingerprint density at radius 3 is 2.56 bits per heavy atom. The molecular weight excluding hydrogens is 230 g/mol. The molecule has 0 atom stereocenters. The van der Waals surface area contributed by atoms with Crippen molar-refractivity contribution in [2.75, 3.05) is 11.1 Å². The molecule has 1 heterocycles. The lowest BCUT2D eigenvalue weighted by atomic mass is 10.2. The van der Waals surface area contributed by atoms with Crippen LogP contribution in [0.15, 0.2) is 36.5 Å². The summed E-state index contributed by atoms with van der Waals surface area (Å²) in [4.78, 5) is 14.9. The van der Waals surface area contributed by atoms with Gasteiger partial charge in [0, 0.05) is 11.9 Å². The standard InChI is InChI=1S/C13H13N3O2/c1-8-6-11(14)12(15-7-8)16-10-4-2-9(3-5-10)13(17)18/h2-7H,14H2,1H3,(H,15,16)(H,17,18). The van der Waals surface area contributed by atoms with Gasteiger partial charge in [-0.2, -0.15) is 0 Å². The topological polar surface area (TPSA) is 88.2 Å². The van der Waals surface area contributed by atoms with Gasteiger partial charge in [-0.1, -0.05) is 0 Å². The van der Waals surface area contributed by atoms with E-state index in [-0.39, 0.29) is 5.56 Å². The van der Waals surface area contributed by atoms with Crippen molar-refractivity contribution in [2.45, 2.75) is 6.92 Å². The van der Waals surface area contributed by atoms with Crippen molar-refractivity contribution in [1.29, 1.82) is 0 Å². The Bertz CT molecular complexity index is 579. The number of nitrogens with zero attached hydrogens (tertiary/aromatic N) is 1. The predicted molar refractivity (Wildman–Crippen MR) is 70.1 cm³/mol. The van der Waals surface area contributed by atoms with Gasteiger partial charge in [0.05, 0.1) is 11.3 Å². The molecule has 0 aliphatic heterocycles. The fourth-order valence-electron chi connectivity index (χ4n) is 1.53. The van der Waals surface area contributed by atoms with Gasteiger partial charge in [-0.05, 0) is 42.8 Å². The Morgan fingerprint density at radius 1 is 1.33 bits per heavy atom. The first-order valence-electron chi connectivity index (χ1n) is 5.39. The summed E-state index contributed by atoms with van der Waals surface area (Å²) in [6, 6.07) is 8.21. The minimum absolute atomic E-state index is 0.241. The normalized spacial score (nSPS) is 10.1. The van der Waals surface area contributed by atoms with Crippen LogP contribution in [0.4, 0.5) is 17.2 Å². The van der Waals surface area contributed by atoms with Crippen LogP contribution in [0.3, 0.4) is 0 Å². The monoisotopic (exact) mass is 243 g/mol. The number of hydrogen-bond acceptors (Lipinski definition) is 4. The van der Waals surface area contributed by atoms with Gasteiger partial charge < -0.3 is 16.2 Å². The molecule has 5 heteroatoms. The molecule has 92 valence electrons. The van der Waals surface area contributed by atoms with Crippen molar-refractivity contribution in [1.82, 2.24) is 4.98 Å². The third-order valence-electron chi connectivity index (χ3n) is 2.45. The minimum Gasteiger partial charge on any atom is -0.478 e. The second kappa shape index (κ2) is 4.75. The molecule has 1 aromatic carbocycles. The second-order valence-corrected chi connectivity index (χ2v) is 3.96. The highest BCUT2D eigenvalue weighted by Gasteiger charge is 2.04. The number of carbonyl (C=O) groups is 1. The van der Waals surface area contributed by atoms with Crippen molar-refractivity contribution >= 4 is 23.2 Å². The number of nitrogens with one attached hydrogen (secondary N) is 1. The van der Waals surface area contributed by atoms with E-state index in [0.29, 0.717) is 11.5 Å². The number of benzene rings is 1. The lowest BCUT2D eigenvalue weighted by Crippen LogP contribution is -2.00. The van der Waals surface area contributed by atoms with E-state index in [1.807, 2.05) is 13.0 Å². The van der Waals surface area contributed by atoms with E-state index in [4.69, 9.17) is 10.8 Å². The molecule has 0 fully saturated rings. The van der Waals surface area contributed by atoms with E-state index in [0.717, 1.165) is 11.3 Å². The quantitative estimate of drug-likeness (QED) is 0.770. The molecular formula is C13H13N3O2. The summed E-state index contributed by atoms with van der Waals surface area (Å²) in [5, 5.41) is 11.8. The molecule has 0 saturated heterocycles. The first-order chi connectivity index (χ1) is 8.56. The number of hydrogen-bond donors (Lipinski definition) is 3. The highest BCUT2D eigenvalue weighted by atomic mass is 16.4. The molecule has 4 N–H and O–H groups in total. The van der Waals surface area contributed by atoms with Gasteiger partial charge in [0.1, 0.15) is 0 Å². The van der Waals surface area contributed by atoms with Crippen LogP contribution in [-0.2, 0) is 0 Å². The molecule has 1 aromatic heterocycles. The van der Waals surface area contributed by atoms with E-state index < -0.39 is 5.97 Å². The summed E-state index contributed by atoms with van der Waals surface area (Å²) in [5.41, 5.74) is 8.35. The third-order valence-corrected chi connectivity index (χ3v) is 2.45. The molecule has 0 spiro atoms. The fourth-order valence-corrected chi connectivity index (χ4v) is 1.53. The average molecular weight is 243 g/mol. The van der Waals surface area contributed by atoms with Crippen molar-refractivity contribution in [2.24, 2.45) is 0 Å². The summed E-state index contributed by atoms with van der Waals surface area (Å²) >= 11 is 0. The van der Waals surface area contributed by atoms with Crippen LogP contribution < -0.4 is 11.1 Å². The lowest BCUT2D eigenvalue weighted by molar-refractivity contribution is 0.0697. The van der Waals surface area contributed by atoms with Crippen molar-refractivity contribution < 1.29 is 9.90 Å². The van der Waals surface area contributed by atoms with Gasteiger partial charge >= 0.3 is 5.97 Å². The summed E-state index contributed by atoms with van der Waals surface area (Å²) in [6.45, 7) is 1.91. The first kappa shape index (κ1) is 11.9. The Kier molecular flexibility index (Phi) is 3.14. The van der Waals surface area contributed by atoms with E-state index in [1.54, 1.807) is 18.3 Å². The van der Waals surface area contributed by atoms with E-state index in [1.165, 1.54) is 12.1 Å². The molecule has 0 saturated carbocycles. The molecule has 2 aromatic rings. The Morgan fingerprint density at radius 2 is 2.00 bits per heavy atom. The maximum absolute atomic E-state index is 10.7. The average Bonchev–Trinajstić information content (AvgIpc) is 2.33. The highest BCUT2D eigenvalue weighted by Crippen LogP contribution is 2.21. The maximum Gasteiger partial charge on any atom is 0.335 e. The molecule has 5 nitrogen and oxygen atoms in total. The number of nitrogens with two attached hydrogens (primary N) is 1. The van der Waals surface area contributed by atoms with Crippen LogP contribution in [0.5, 0.6) is 0 Å². The van der Waals surface area contributed by atoms with Crippen molar-refractivity contribution in [3.63, 3.8) is 0 Å². The zero-order valence-electron chi connectivity index (χ0n) is 9.84. The van der Waals surface area contributed by atoms with Gasteiger partial charge in [-0.25, -0.2) is 9.78 Å². The zero-order chi connectivity index (χ0) is 13.1. The van der Waals surface area contributed by atoms with E-state index in [2.05, 4.69) is 10.3 Å². The van der Waals surface area contributed by atoms with Crippen LogP contribution in [0, 0.1) is 6.92 Å². The van der Waals surface area contributed by atoms with Crippen LogP contribution in [0.1, 0.15) is 15.9 Å². The summed E-state index contributed by atoms with van der Waals surface area (Å²) in [5.74, 6) is -0.391. The summed E-state index contributed by atoms with van der Waals surface area (Å²) in [6.07, 6.45) is 1.71. The molecule has 0 aliphatic carbocycles. The molecule has 18 heavy (non-hydrogen) atoms. The van der Waals surface area contributed by atoms with Gasteiger partial charge in [-0.15, -0.1) is 0 Å². The number of aryl methyl sites for hydroxylation is 1. The third kappa shape index (κ3) is 2.57. The number of pyridine rings is 1. The SMILES string of the molecule is Cc1cnc(Nc2ccc(C(=O)O)cc2)c(N)c1. The summed E-state index contributed by atoms with van der Waals surface area (Å²) < 4.78 is 0. The Balaban J connectivity index is 2.21. The van der Waals surface area contributed by atoms with Gasteiger partial charge in [-0.3, -0.25) is 0 Å². The number of rotatable bonds is 3. The van der Waals surface area contributed by atoms with Crippen molar-refractivity contribution in [3.8, 4) is 0 Å². The molecule has 0 amide bonds. The van der Waals surface area contributed by atoms with Gasteiger partial charge in [0.25, 0.3) is 0 Å². The number of carboxylic acids is 1. The fraction of sp³-hybridized carbons (Fsp3) is 0.0769. The Hall–Kier alpha value is -2.56. The molecule has 0 bridgehead atoms. The van der Waals surface area contributed by atoms with Crippen molar-refractivity contribution in [3.05, 3.63) is 47.7 Å². The lowest BCUT2D eigenvalue weighted by Gasteiger charge is -2.08. The van der Waals surface area contributed by atoms with E-state index >= 15 is 0 Å². The second-order valence-electron chi connectivity index (χ2n) is 3.96. The van der Waals surface area contributed by atoms with Crippen LogP contribution in [0.2, 0.25) is 0 Å². The van der Waals surface area contributed by atoms with Gasteiger partial charge in [0.2, 0.25) is 0 Å². The number of aromatic nitrogens is 1. The zero-order valence-corrected chi connectivity index (χ0v) is 9.84. The van der Waals surface area contributed by atoms with Crippen LogP contribution in [0.25, 0.3) is 0 Å². The first-order valence-corrected chi connectivity index (χ1v) is 5.39. The van der Waals surface area contributed by atoms with Gasteiger partial charge in [0.15, 0.2) is 5.82 Å². The number of carboxylic acid groups (broad SMARTS) is 1. The number of anilines is 3. The molecule has 0 aliphatic rings.